The third kappa shape index (κ3) is 7.22. The molecule has 2 aromatic carbocycles. The quantitative estimate of drug-likeness (QED) is 0.337. The van der Waals surface area contributed by atoms with Gasteiger partial charge in [0.2, 0.25) is 5.89 Å². The number of rotatable bonds is 11. The number of alkyl halides is 3. The number of anilines is 1. The van der Waals surface area contributed by atoms with E-state index in [1.807, 2.05) is 24.8 Å². The normalized spacial score (nSPS) is 12.1. The smallest absolute Gasteiger partial charge is 0.416 e. The molecule has 0 atom stereocenters. The molecule has 1 aromatic heterocycles. The molecule has 0 bridgehead atoms. The van der Waals surface area contributed by atoms with Crippen LogP contribution < -0.4 is 9.64 Å². The fraction of sp³-hybridized carbons (Fsp3) is 0.423. The highest BCUT2D eigenvalue weighted by Gasteiger charge is 2.30. The van der Waals surface area contributed by atoms with E-state index in [1.165, 1.54) is 26.0 Å². The SMILES string of the molecule is CC(C)c1nc(N(CCCc2cccc(OC(C)(C)C(=O)O)c2)Cc2ccc(C(F)(F)F)cc2)no1. The topological polar surface area (TPSA) is 88.7 Å². The summed E-state index contributed by atoms with van der Waals surface area (Å²) in [6.07, 6.45) is -3.06. The van der Waals surface area contributed by atoms with Crippen molar-refractivity contribution >= 4 is 11.9 Å². The Morgan fingerprint density at radius 1 is 1.11 bits per heavy atom. The molecule has 3 rings (SSSR count). The van der Waals surface area contributed by atoms with Crippen molar-refractivity contribution in [1.82, 2.24) is 10.1 Å². The van der Waals surface area contributed by atoms with Gasteiger partial charge < -0.3 is 19.3 Å². The van der Waals surface area contributed by atoms with Crippen LogP contribution in [0.4, 0.5) is 19.1 Å². The summed E-state index contributed by atoms with van der Waals surface area (Å²) in [7, 11) is 0. The summed E-state index contributed by atoms with van der Waals surface area (Å²) < 4.78 is 49.7. The lowest BCUT2D eigenvalue weighted by atomic mass is 10.1. The zero-order valence-corrected chi connectivity index (χ0v) is 20.7. The van der Waals surface area contributed by atoms with Gasteiger partial charge in [-0.15, -0.1) is 0 Å². The molecule has 194 valence electrons. The van der Waals surface area contributed by atoms with Crippen LogP contribution in [0.25, 0.3) is 0 Å². The van der Waals surface area contributed by atoms with Gasteiger partial charge in [0.05, 0.1) is 5.56 Å². The van der Waals surface area contributed by atoms with Crippen LogP contribution in [0, 0.1) is 0 Å². The van der Waals surface area contributed by atoms with Crippen LogP contribution in [0.1, 0.15) is 62.6 Å². The van der Waals surface area contributed by atoms with Gasteiger partial charge in [-0.1, -0.05) is 38.1 Å². The Morgan fingerprint density at radius 2 is 1.81 bits per heavy atom. The Balaban J connectivity index is 1.71. The van der Waals surface area contributed by atoms with Crippen LogP contribution in [0.15, 0.2) is 53.1 Å². The fourth-order valence-electron chi connectivity index (χ4n) is 3.44. The maximum atomic E-state index is 12.9. The average Bonchev–Trinajstić information content (AvgIpc) is 3.29. The predicted octanol–water partition coefficient (Wildman–Crippen LogP) is 6.09. The second-order valence-electron chi connectivity index (χ2n) is 9.37. The van der Waals surface area contributed by atoms with Gasteiger partial charge in [0.1, 0.15) is 5.75 Å². The summed E-state index contributed by atoms with van der Waals surface area (Å²) in [6, 6.07) is 12.3. The first-order valence-electron chi connectivity index (χ1n) is 11.6. The molecule has 0 saturated heterocycles. The third-order valence-corrected chi connectivity index (χ3v) is 5.54. The first kappa shape index (κ1) is 27.0. The molecule has 0 radical (unpaired) electrons. The Kier molecular flexibility index (Phi) is 8.27. The molecule has 0 aliphatic heterocycles. The molecule has 0 spiro atoms. The average molecular weight is 506 g/mol. The first-order valence-corrected chi connectivity index (χ1v) is 11.6. The number of carboxylic acids is 1. The van der Waals surface area contributed by atoms with Crippen molar-refractivity contribution in [3.8, 4) is 5.75 Å². The van der Waals surface area contributed by atoms with Crippen molar-refractivity contribution < 1.29 is 32.3 Å². The number of ether oxygens (including phenoxy) is 1. The van der Waals surface area contributed by atoms with Crippen LogP contribution in [0.3, 0.4) is 0 Å². The molecule has 1 heterocycles. The van der Waals surface area contributed by atoms with E-state index in [0.717, 1.165) is 17.7 Å². The van der Waals surface area contributed by atoms with Crippen LogP contribution in [-0.2, 0) is 23.9 Å². The van der Waals surface area contributed by atoms with Gasteiger partial charge in [0, 0.05) is 19.0 Å². The summed E-state index contributed by atoms with van der Waals surface area (Å²) in [5.41, 5.74) is -0.416. The Labute approximate surface area is 207 Å². The van der Waals surface area contributed by atoms with E-state index in [-0.39, 0.29) is 5.92 Å². The van der Waals surface area contributed by atoms with Crippen LogP contribution in [0.5, 0.6) is 5.75 Å². The van der Waals surface area contributed by atoms with Gasteiger partial charge in [-0.2, -0.15) is 18.2 Å². The molecule has 0 unspecified atom stereocenters. The molecule has 0 saturated carbocycles. The van der Waals surface area contributed by atoms with E-state index >= 15 is 0 Å². The van der Waals surface area contributed by atoms with E-state index < -0.39 is 23.3 Å². The number of carboxylic acid groups (broad SMARTS) is 1. The minimum absolute atomic E-state index is 0.0389. The number of hydrogen-bond acceptors (Lipinski definition) is 6. The Morgan fingerprint density at radius 3 is 2.39 bits per heavy atom. The van der Waals surface area contributed by atoms with E-state index in [4.69, 9.17) is 9.26 Å². The monoisotopic (exact) mass is 505 g/mol. The molecule has 7 nitrogen and oxygen atoms in total. The van der Waals surface area contributed by atoms with Gasteiger partial charge >= 0.3 is 12.1 Å². The van der Waals surface area contributed by atoms with Gasteiger partial charge in [-0.3, -0.25) is 0 Å². The maximum Gasteiger partial charge on any atom is 0.416 e. The standard InChI is InChI=1S/C26H30F3N3O4/c1-17(2)22-30-24(31-36-22)32(16-19-10-12-20(13-11-19)26(27,28)29)14-6-8-18-7-5-9-21(15-18)35-25(3,4)23(33)34/h5,7,9-13,15,17H,6,8,14,16H2,1-4H3,(H,33,34). The fourth-order valence-corrected chi connectivity index (χ4v) is 3.44. The highest BCUT2D eigenvalue weighted by Crippen LogP contribution is 2.29. The highest BCUT2D eigenvalue weighted by atomic mass is 19.4. The second-order valence-corrected chi connectivity index (χ2v) is 9.37. The van der Waals surface area contributed by atoms with Gasteiger partial charge in [-0.05, 0) is 67.2 Å². The number of aliphatic carboxylic acids is 1. The Bertz CT molecular complexity index is 1160. The number of hydrogen-bond donors (Lipinski definition) is 1. The predicted molar refractivity (Wildman–Crippen MR) is 128 cm³/mol. The van der Waals surface area contributed by atoms with Gasteiger partial charge in [-0.25, -0.2) is 4.79 Å². The Hall–Kier alpha value is -3.56. The number of carbonyl (C=O) groups is 1. The molecule has 0 aliphatic rings. The van der Waals surface area contributed by atoms with E-state index in [0.29, 0.717) is 49.1 Å². The van der Waals surface area contributed by atoms with Crippen molar-refractivity contribution in [2.75, 3.05) is 11.4 Å². The largest absolute Gasteiger partial charge is 0.478 e. The third-order valence-electron chi connectivity index (χ3n) is 5.54. The second kappa shape index (κ2) is 11.0. The van der Waals surface area contributed by atoms with Crippen molar-refractivity contribution in [2.45, 2.75) is 64.8 Å². The number of benzene rings is 2. The number of halogens is 3. The van der Waals surface area contributed by atoms with Crippen molar-refractivity contribution in [2.24, 2.45) is 0 Å². The van der Waals surface area contributed by atoms with E-state index in [9.17, 15) is 23.1 Å². The molecule has 0 aliphatic carbocycles. The van der Waals surface area contributed by atoms with Crippen LogP contribution in [0.2, 0.25) is 0 Å². The maximum absolute atomic E-state index is 12.9. The van der Waals surface area contributed by atoms with E-state index in [1.54, 1.807) is 18.2 Å². The van der Waals surface area contributed by atoms with E-state index in [2.05, 4.69) is 10.1 Å². The molecular formula is C26H30F3N3O4. The molecular weight excluding hydrogens is 475 g/mol. The summed E-state index contributed by atoms with van der Waals surface area (Å²) in [6.45, 7) is 7.65. The molecule has 3 aromatic rings. The molecule has 0 fully saturated rings. The number of nitrogens with zero attached hydrogens (tertiary/aromatic N) is 3. The van der Waals surface area contributed by atoms with Gasteiger partial charge in [0.25, 0.3) is 5.95 Å². The van der Waals surface area contributed by atoms with Crippen molar-refractivity contribution in [3.05, 3.63) is 71.1 Å². The minimum Gasteiger partial charge on any atom is -0.478 e. The number of aryl methyl sites for hydroxylation is 1. The summed E-state index contributed by atoms with van der Waals surface area (Å²) in [5, 5.41) is 13.4. The molecule has 0 amide bonds. The summed E-state index contributed by atoms with van der Waals surface area (Å²) >= 11 is 0. The lowest BCUT2D eigenvalue weighted by Crippen LogP contribution is -2.37. The molecule has 10 heteroatoms. The first-order chi connectivity index (χ1) is 16.8. The molecule has 36 heavy (non-hydrogen) atoms. The van der Waals surface area contributed by atoms with Crippen LogP contribution in [-0.4, -0.2) is 33.4 Å². The van der Waals surface area contributed by atoms with Gasteiger partial charge in [0.15, 0.2) is 5.60 Å². The lowest BCUT2D eigenvalue weighted by Gasteiger charge is -2.22. The lowest BCUT2D eigenvalue weighted by molar-refractivity contribution is -0.152. The summed E-state index contributed by atoms with van der Waals surface area (Å²) in [5.74, 6) is 0.290. The van der Waals surface area contributed by atoms with Crippen molar-refractivity contribution in [1.29, 1.82) is 0 Å². The number of aromatic nitrogens is 2. The zero-order valence-electron chi connectivity index (χ0n) is 20.7. The highest BCUT2D eigenvalue weighted by molar-refractivity contribution is 5.76. The molecule has 1 N–H and O–H groups in total. The van der Waals surface area contributed by atoms with Crippen molar-refractivity contribution in [3.63, 3.8) is 0 Å². The summed E-state index contributed by atoms with van der Waals surface area (Å²) in [4.78, 5) is 17.7. The van der Waals surface area contributed by atoms with Crippen LogP contribution >= 0.6 is 0 Å². The zero-order chi connectivity index (χ0) is 26.5. The minimum atomic E-state index is -4.39.